The van der Waals surface area contributed by atoms with Crippen LogP contribution in [-0.4, -0.2) is 60.4 Å². The molecule has 1 aliphatic rings. The molecule has 104 valence electrons. The Kier molecular flexibility index (Phi) is 5.25. The van der Waals surface area contributed by atoms with Gasteiger partial charge in [-0.2, -0.15) is 0 Å². The van der Waals surface area contributed by atoms with Crippen LogP contribution in [-0.2, 0) is 9.47 Å². The lowest BCUT2D eigenvalue weighted by molar-refractivity contribution is 0.0227. The standard InChI is InChI=1S/C12H22N2O4/c1-5-17-11(15)13-7-10(4)14(8-9(13)3)12(16)18-6-2/h9-10H,5-8H2,1-4H3. The largest absolute Gasteiger partial charge is 0.450 e. The zero-order valence-corrected chi connectivity index (χ0v) is 11.5. The molecule has 2 atom stereocenters. The van der Waals surface area contributed by atoms with Crippen molar-refractivity contribution in [3.63, 3.8) is 0 Å². The van der Waals surface area contributed by atoms with Crippen molar-refractivity contribution in [2.45, 2.75) is 39.8 Å². The van der Waals surface area contributed by atoms with Gasteiger partial charge >= 0.3 is 12.2 Å². The average Bonchev–Trinajstić information content (AvgIpc) is 2.32. The van der Waals surface area contributed by atoms with Crippen LogP contribution in [0.25, 0.3) is 0 Å². The summed E-state index contributed by atoms with van der Waals surface area (Å²) in [5, 5.41) is 0. The molecule has 0 spiro atoms. The normalized spacial score (nSPS) is 23.8. The molecule has 0 aromatic rings. The van der Waals surface area contributed by atoms with Gasteiger partial charge in [-0.15, -0.1) is 0 Å². The Morgan fingerprint density at radius 1 is 0.944 bits per heavy atom. The van der Waals surface area contributed by atoms with Crippen molar-refractivity contribution in [1.29, 1.82) is 0 Å². The second-order valence-electron chi connectivity index (χ2n) is 4.40. The van der Waals surface area contributed by atoms with Crippen molar-refractivity contribution >= 4 is 12.2 Å². The van der Waals surface area contributed by atoms with Gasteiger partial charge < -0.3 is 19.3 Å². The van der Waals surface area contributed by atoms with Gasteiger partial charge in [-0.3, -0.25) is 0 Å². The van der Waals surface area contributed by atoms with Gasteiger partial charge in [-0.1, -0.05) is 0 Å². The average molecular weight is 258 g/mol. The molecule has 1 fully saturated rings. The number of carbonyl (C=O) groups is 2. The van der Waals surface area contributed by atoms with Gasteiger partial charge in [0.25, 0.3) is 0 Å². The summed E-state index contributed by atoms with van der Waals surface area (Å²) in [5.74, 6) is 0. The lowest BCUT2D eigenvalue weighted by Crippen LogP contribution is -2.59. The summed E-state index contributed by atoms with van der Waals surface area (Å²) in [6.45, 7) is 9.01. The minimum atomic E-state index is -0.319. The number of hydrogen-bond acceptors (Lipinski definition) is 4. The SMILES string of the molecule is CCOC(=O)N1CC(C)N(C(=O)OCC)CC1C. The van der Waals surface area contributed by atoms with E-state index < -0.39 is 0 Å². The topological polar surface area (TPSA) is 59.1 Å². The van der Waals surface area contributed by atoms with Gasteiger partial charge in [0.1, 0.15) is 0 Å². The van der Waals surface area contributed by atoms with Gasteiger partial charge in [0.2, 0.25) is 0 Å². The van der Waals surface area contributed by atoms with Crippen LogP contribution in [0.3, 0.4) is 0 Å². The van der Waals surface area contributed by atoms with Crippen LogP contribution < -0.4 is 0 Å². The molecule has 0 aromatic heterocycles. The van der Waals surface area contributed by atoms with E-state index in [4.69, 9.17) is 9.47 Å². The number of nitrogens with zero attached hydrogens (tertiary/aromatic N) is 2. The Morgan fingerprint density at radius 2 is 1.28 bits per heavy atom. The van der Waals surface area contributed by atoms with Crippen LogP contribution in [0.4, 0.5) is 9.59 Å². The van der Waals surface area contributed by atoms with E-state index in [0.29, 0.717) is 26.3 Å². The van der Waals surface area contributed by atoms with E-state index in [-0.39, 0.29) is 24.3 Å². The molecule has 18 heavy (non-hydrogen) atoms. The first kappa shape index (κ1) is 14.6. The quantitative estimate of drug-likeness (QED) is 0.756. The van der Waals surface area contributed by atoms with Crippen LogP contribution in [0.1, 0.15) is 27.7 Å². The molecule has 0 bridgehead atoms. The Balaban J connectivity index is 2.64. The first-order chi connectivity index (χ1) is 8.51. The summed E-state index contributed by atoms with van der Waals surface area (Å²) in [7, 11) is 0. The smallest absolute Gasteiger partial charge is 0.410 e. The zero-order valence-electron chi connectivity index (χ0n) is 11.5. The van der Waals surface area contributed by atoms with E-state index in [9.17, 15) is 9.59 Å². The van der Waals surface area contributed by atoms with Gasteiger partial charge in [0.15, 0.2) is 0 Å². The van der Waals surface area contributed by atoms with E-state index in [2.05, 4.69) is 0 Å². The molecule has 0 aliphatic carbocycles. The molecule has 1 saturated heterocycles. The Hall–Kier alpha value is -1.46. The van der Waals surface area contributed by atoms with Crippen LogP contribution >= 0.6 is 0 Å². The number of hydrogen-bond donors (Lipinski definition) is 0. The highest BCUT2D eigenvalue weighted by Crippen LogP contribution is 2.17. The fourth-order valence-corrected chi connectivity index (χ4v) is 2.05. The van der Waals surface area contributed by atoms with E-state index in [1.807, 2.05) is 13.8 Å². The minimum Gasteiger partial charge on any atom is -0.450 e. The molecule has 2 amide bonds. The van der Waals surface area contributed by atoms with Gasteiger partial charge in [-0.25, -0.2) is 9.59 Å². The highest BCUT2D eigenvalue weighted by molar-refractivity contribution is 5.71. The molecule has 0 radical (unpaired) electrons. The van der Waals surface area contributed by atoms with E-state index in [0.717, 1.165) is 0 Å². The van der Waals surface area contributed by atoms with Crippen LogP contribution in [0.15, 0.2) is 0 Å². The highest BCUT2D eigenvalue weighted by atomic mass is 16.6. The first-order valence-corrected chi connectivity index (χ1v) is 6.38. The lowest BCUT2D eigenvalue weighted by Gasteiger charge is -2.42. The Morgan fingerprint density at radius 3 is 1.56 bits per heavy atom. The minimum absolute atomic E-state index is 0.0651. The fourth-order valence-electron chi connectivity index (χ4n) is 2.05. The maximum Gasteiger partial charge on any atom is 0.410 e. The number of rotatable bonds is 2. The van der Waals surface area contributed by atoms with Crippen molar-refractivity contribution < 1.29 is 19.1 Å². The summed E-state index contributed by atoms with van der Waals surface area (Å²) in [6.07, 6.45) is -0.638. The highest BCUT2D eigenvalue weighted by Gasteiger charge is 2.35. The second kappa shape index (κ2) is 6.47. The van der Waals surface area contributed by atoms with Crippen molar-refractivity contribution in [3.8, 4) is 0 Å². The number of ether oxygens (including phenoxy) is 2. The summed E-state index contributed by atoms with van der Waals surface area (Å²) in [5.41, 5.74) is 0. The van der Waals surface area contributed by atoms with Crippen molar-refractivity contribution in [2.24, 2.45) is 0 Å². The first-order valence-electron chi connectivity index (χ1n) is 6.38. The zero-order chi connectivity index (χ0) is 13.7. The van der Waals surface area contributed by atoms with Crippen molar-refractivity contribution in [2.75, 3.05) is 26.3 Å². The second-order valence-corrected chi connectivity index (χ2v) is 4.40. The van der Waals surface area contributed by atoms with E-state index in [1.165, 1.54) is 0 Å². The van der Waals surface area contributed by atoms with Crippen LogP contribution in [0.5, 0.6) is 0 Å². The van der Waals surface area contributed by atoms with Gasteiger partial charge in [0.05, 0.1) is 25.3 Å². The summed E-state index contributed by atoms with van der Waals surface area (Å²) in [6, 6.07) is -0.130. The van der Waals surface area contributed by atoms with Crippen LogP contribution in [0.2, 0.25) is 0 Å². The predicted molar refractivity (Wildman–Crippen MR) is 66.4 cm³/mol. The van der Waals surface area contributed by atoms with Gasteiger partial charge in [-0.05, 0) is 27.7 Å². The Bertz CT molecular complexity index is 278. The third-order valence-electron chi connectivity index (χ3n) is 2.99. The number of amides is 2. The molecular weight excluding hydrogens is 236 g/mol. The third-order valence-corrected chi connectivity index (χ3v) is 2.99. The fraction of sp³-hybridized carbons (Fsp3) is 0.833. The molecule has 0 N–H and O–H groups in total. The Labute approximate surface area is 108 Å². The molecule has 0 aromatic carbocycles. The lowest BCUT2D eigenvalue weighted by atomic mass is 10.1. The van der Waals surface area contributed by atoms with E-state index in [1.54, 1.807) is 23.6 Å². The predicted octanol–water partition coefficient (Wildman–Crippen LogP) is 1.69. The molecule has 0 saturated carbocycles. The molecule has 1 rings (SSSR count). The molecule has 6 nitrogen and oxygen atoms in total. The number of piperazine rings is 1. The monoisotopic (exact) mass is 258 g/mol. The number of carbonyl (C=O) groups excluding carboxylic acids is 2. The molecular formula is C12H22N2O4. The third kappa shape index (κ3) is 3.27. The molecule has 1 heterocycles. The molecule has 2 unspecified atom stereocenters. The summed E-state index contributed by atoms with van der Waals surface area (Å²) < 4.78 is 9.99. The maximum atomic E-state index is 11.7. The van der Waals surface area contributed by atoms with E-state index >= 15 is 0 Å². The van der Waals surface area contributed by atoms with Crippen molar-refractivity contribution in [1.82, 2.24) is 9.80 Å². The summed E-state index contributed by atoms with van der Waals surface area (Å²) in [4.78, 5) is 26.8. The van der Waals surface area contributed by atoms with Gasteiger partial charge in [0, 0.05) is 13.1 Å². The molecule has 1 aliphatic heterocycles. The van der Waals surface area contributed by atoms with Crippen molar-refractivity contribution in [3.05, 3.63) is 0 Å². The van der Waals surface area contributed by atoms with Crippen LogP contribution in [0, 0.1) is 0 Å². The maximum absolute atomic E-state index is 11.7. The summed E-state index contributed by atoms with van der Waals surface area (Å²) >= 11 is 0. The molecule has 6 heteroatoms.